The highest BCUT2D eigenvalue weighted by atomic mass is 32.2. The molecule has 0 radical (unpaired) electrons. The number of pyridine rings is 1. The zero-order valence-electron chi connectivity index (χ0n) is 11.4. The molecule has 1 unspecified atom stereocenters. The van der Waals surface area contributed by atoms with Gasteiger partial charge in [-0.25, -0.2) is 4.98 Å². The van der Waals surface area contributed by atoms with Gasteiger partial charge in [-0.3, -0.25) is 0 Å². The highest BCUT2D eigenvalue weighted by Gasteiger charge is 2.10. The normalized spacial score (nSPS) is 12.4. The molecule has 0 aliphatic carbocycles. The number of nitrogens with one attached hydrogen (secondary N) is 1. The van der Waals surface area contributed by atoms with Crippen LogP contribution >= 0.6 is 23.1 Å². The molecule has 1 atom stereocenters. The first-order chi connectivity index (χ1) is 9.10. The summed E-state index contributed by atoms with van der Waals surface area (Å²) in [5, 5.41) is 13.4. The Morgan fingerprint density at radius 1 is 1.37 bits per heavy atom. The van der Waals surface area contributed by atoms with Gasteiger partial charge in [-0.15, -0.1) is 10.2 Å². The van der Waals surface area contributed by atoms with Crippen molar-refractivity contribution in [3.8, 4) is 0 Å². The molecule has 0 aliphatic rings. The van der Waals surface area contributed by atoms with Gasteiger partial charge >= 0.3 is 0 Å². The minimum atomic E-state index is 0.314. The van der Waals surface area contributed by atoms with Gasteiger partial charge < -0.3 is 10.2 Å². The highest BCUT2D eigenvalue weighted by Crippen LogP contribution is 2.32. The molecule has 2 heterocycles. The van der Waals surface area contributed by atoms with Gasteiger partial charge in [-0.1, -0.05) is 11.3 Å². The monoisotopic (exact) mass is 295 g/mol. The fourth-order valence-electron chi connectivity index (χ4n) is 1.43. The number of nitrogens with zero attached hydrogens (tertiary/aromatic N) is 4. The highest BCUT2D eigenvalue weighted by molar-refractivity contribution is 8.01. The quantitative estimate of drug-likeness (QED) is 0.914. The average molecular weight is 295 g/mol. The van der Waals surface area contributed by atoms with E-state index in [1.165, 1.54) is 5.56 Å². The van der Waals surface area contributed by atoms with E-state index >= 15 is 0 Å². The van der Waals surface area contributed by atoms with Crippen LogP contribution in [0.3, 0.4) is 0 Å². The van der Waals surface area contributed by atoms with Gasteiger partial charge in [0.25, 0.3) is 0 Å². The second kappa shape index (κ2) is 6.31. The van der Waals surface area contributed by atoms with Crippen LogP contribution < -0.4 is 10.2 Å². The van der Waals surface area contributed by atoms with Gasteiger partial charge in [0.05, 0.1) is 0 Å². The Morgan fingerprint density at radius 3 is 2.79 bits per heavy atom. The van der Waals surface area contributed by atoms with E-state index in [1.807, 2.05) is 38.3 Å². The minimum Gasteiger partial charge on any atom is -0.353 e. The van der Waals surface area contributed by atoms with Crippen LogP contribution in [-0.4, -0.2) is 36.3 Å². The third kappa shape index (κ3) is 3.65. The Bertz CT molecular complexity index is 540. The Morgan fingerprint density at radius 2 is 2.16 bits per heavy atom. The Balaban J connectivity index is 2.14. The Kier molecular flexibility index (Phi) is 4.73. The second-order valence-corrected chi connectivity index (χ2v) is 6.51. The lowest BCUT2D eigenvalue weighted by Crippen LogP contribution is -2.12. The summed E-state index contributed by atoms with van der Waals surface area (Å²) < 4.78 is 0.908. The molecule has 0 saturated carbocycles. The summed E-state index contributed by atoms with van der Waals surface area (Å²) in [5.41, 5.74) is 1.22. The maximum atomic E-state index is 4.37. The fourth-order valence-corrected chi connectivity index (χ4v) is 3.15. The lowest BCUT2D eigenvalue weighted by atomic mass is 10.1. The van der Waals surface area contributed by atoms with E-state index in [1.54, 1.807) is 23.1 Å². The molecule has 2 aromatic heterocycles. The molecule has 102 valence electrons. The Hall–Kier alpha value is -1.18. The largest absolute Gasteiger partial charge is 0.353 e. The zero-order valence-corrected chi connectivity index (χ0v) is 13.0. The summed E-state index contributed by atoms with van der Waals surface area (Å²) >= 11 is 3.11. The van der Waals surface area contributed by atoms with Crippen LogP contribution in [0.4, 0.5) is 5.13 Å². The Labute approximate surface area is 121 Å². The van der Waals surface area contributed by atoms with Crippen molar-refractivity contribution in [1.29, 1.82) is 0 Å². The molecule has 19 heavy (non-hydrogen) atoms. The summed E-state index contributed by atoms with van der Waals surface area (Å²) in [6.45, 7) is 2.12. The van der Waals surface area contributed by atoms with Crippen molar-refractivity contribution >= 4 is 28.2 Å². The summed E-state index contributed by atoms with van der Waals surface area (Å²) in [7, 11) is 5.87. The van der Waals surface area contributed by atoms with Crippen molar-refractivity contribution in [1.82, 2.24) is 20.5 Å². The van der Waals surface area contributed by atoms with E-state index in [0.29, 0.717) is 6.04 Å². The number of rotatable bonds is 5. The van der Waals surface area contributed by atoms with Gasteiger partial charge in [-0.2, -0.15) is 0 Å². The first-order valence-electron chi connectivity index (χ1n) is 5.92. The van der Waals surface area contributed by atoms with Crippen LogP contribution in [-0.2, 0) is 0 Å². The molecule has 0 saturated heterocycles. The SMILES string of the molecule is CNC(C)c1ccnc(Sc2nnc(N(C)C)s2)c1. The topological polar surface area (TPSA) is 53.9 Å². The van der Waals surface area contributed by atoms with Crippen molar-refractivity contribution < 1.29 is 0 Å². The first-order valence-corrected chi connectivity index (χ1v) is 7.55. The molecule has 0 amide bonds. The van der Waals surface area contributed by atoms with Crippen LogP contribution in [0.1, 0.15) is 18.5 Å². The van der Waals surface area contributed by atoms with Crippen LogP contribution in [0.25, 0.3) is 0 Å². The van der Waals surface area contributed by atoms with Crippen molar-refractivity contribution in [3.05, 3.63) is 23.9 Å². The molecule has 0 bridgehead atoms. The molecule has 0 aliphatic heterocycles. The van der Waals surface area contributed by atoms with Crippen LogP contribution in [0.15, 0.2) is 27.7 Å². The van der Waals surface area contributed by atoms with E-state index in [0.717, 1.165) is 14.5 Å². The maximum Gasteiger partial charge on any atom is 0.208 e. The lowest BCUT2D eigenvalue weighted by molar-refractivity contribution is 0.649. The van der Waals surface area contributed by atoms with Crippen LogP contribution in [0, 0.1) is 0 Å². The molecule has 2 rings (SSSR count). The van der Waals surface area contributed by atoms with Gasteiger partial charge in [0.15, 0.2) is 4.34 Å². The predicted molar refractivity (Wildman–Crippen MR) is 80.1 cm³/mol. The summed E-state index contributed by atoms with van der Waals surface area (Å²) in [6.07, 6.45) is 1.83. The number of hydrogen-bond acceptors (Lipinski definition) is 7. The molecule has 2 aromatic rings. The average Bonchev–Trinajstić information content (AvgIpc) is 2.87. The molecular formula is C12H17N5S2. The third-order valence-corrected chi connectivity index (χ3v) is 4.74. The second-order valence-electron chi connectivity index (χ2n) is 4.28. The van der Waals surface area contributed by atoms with E-state index in [-0.39, 0.29) is 0 Å². The summed E-state index contributed by atoms with van der Waals surface area (Å²) in [6, 6.07) is 4.42. The molecule has 0 spiro atoms. The number of hydrogen-bond donors (Lipinski definition) is 1. The summed E-state index contributed by atoms with van der Waals surface area (Å²) in [4.78, 5) is 6.32. The van der Waals surface area contributed by atoms with Crippen molar-refractivity contribution in [2.24, 2.45) is 0 Å². The standard InChI is InChI=1S/C12H17N5S2/c1-8(13-2)9-5-6-14-10(7-9)18-12-16-15-11(19-12)17(3)4/h5-8,13H,1-4H3. The van der Waals surface area contributed by atoms with Crippen molar-refractivity contribution in [2.45, 2.75) is 22.3 Å². The van der Waals surface area contributed by atoms with Gasteiger partial charge in [0, 0.05) is 26.3 Å². The van der Waals surface area contributed by atoms with E-state index in [2.05, 4.69) is 33.5 Å². The smallest absolute Gasteiger partial charge is 0.208 e. The fraction of sp³-hybridized carbons (Fsp3) is 0.417. The van der Waals surface area contributed by atoms with Gasteiger partial charge in [-0.05, 0) is 43.4 Å². The van der Waals surface area contributed by atoms with Gasteiger partial charge in [0.1, 0.15) is 5.03 Å². The third-order valence-electron chi connectivity index (χ3n) is 2.66. The van der Waals surface area contributed by atoms with Gasteiger partial charge in [0.2, 0.25) is 5.13 Å². The van der Waals surface area contributed by atoms with Crippen LogP contribution in [0.2, 0.25) is 0 Å². The zero-order chi connectivity index (χ0) is 13.8. The maximum absolute atomic E-state index is 4.37. The molecule has 7 heteroatoms. The molecule has 5 nitrogen and oxygen atoms in total. The first kappa shape index (κ1) is 14.2. The van der Waals surface area contributed by atoms with Crippen molar-refractivity contribution in [2.75, 3.05) is 26.0 Å². The number of anilines is 1. The van der Waals surface area contributed by atoms with Crippen molar-refractivity contribution in [3.63, 3.8) is 0 Å². The number of aromatic nitrogens is 3. The van der Waals surface area contributed by atoms with E-state index in [4.69, 9.17) is 0 Å². The predicted octanol–water partition coefficient (Wildman–Crippen LogP) is 2.43. The van der Waals surface area contributed by atoms with E-state index < -0.39 is 0 Å². The molecule has 0 aromatic carbocycles. The summed E-state index contributed by atoms with van der Waals surface area (Å²) in [5.74, 6) is 0. The van der Waals surface area contributed by atoms with Crippen LogP contribution in [0.5, 0.6) is 0 Å². The van der Waals surface area contributed by atoms with E-state index in [9.17, 15) is 0 Å². The lowest BCUT2D eigenvalue weighted by Gasteiger charge is -2.10. The molecule has 0 fully saturated rings. The molecule has 1 N–H and O–H groups in total. The minimum absolute atomic E-state index is 0.314. The molecular weight excluding hydrogens is 278 g/mol.